The number of carbonyl (C=O) groups excluding carboxylic acids is 1. The largest absolute Gasteiger partial charge is 0.480 e. The van der Waals surface area contributed by atoms with Crippen molar-refractivity contribution in [3.05, 3.63) is 17.3 Å². The second-order valence-corrected chi connectivity index (χ2v) is 3.65. The molecule has 0 bridgehead atoms. The fourth-order valence-electron chi connectivity index (χ4n) is 1.17. The second kappa shape index (κ2) is 6.01. The summed E-state index contributed by atoms with van der Waals surface area (Å²) in [6.45, 7) is 2.88. The molecule has 0 aliphatic carbocycles. The molecular weight excluding hydrogens is 242 g/mol. The average Bonchev–Trinajstić information content (AvgIpc) is 2.63. The van der Waals surface area contributed by atoms with E-state index in [0.29, 0.717) is 11.7 Å². The van der Waals surface area contributed by atoms with Crippen LogP contribution in [0.3, 0.4) is 0 Å². The minimum Gasteiger partial charge on any atom is -0.480 e. The van der Waals surface area contributed by atoms with Crippen molar-refractivity contribution in [1.82, 2.24) is 15.6 Å². The van der Waals surface area contributed by atoms with Gasteiger partial charge in [0.1, 0.15) is 5.76 Å². The minimum atomic E-state index is -1.34. The highest BCUT2D eigenvalue weighted by Gasteiger charge is 2.18. The number of aliphatic hydroxyl groups excluding tert-OH is 1. The first-order valence-electron chi connectivity index (χ1n) is 5.25. The molecule has 4 N–H and O–H groups in total. The molecule has 0 fully saturated rings. The van der Waals surface area contributed by atoms with E-state index in [2.05, 4.69) is 15.6 Å². The highest BCUT2D eigenvalue weighted by Crippen LogP contribution is 2.07. The van der Waals surface area contributed by atoms with Gasteiger partial charge in [0.05, 0.1) is 18.8 Å². The highest BCUT2D eigenvalue weighted by atomic mass is 16.4. The summed E-state index contributed by atoms with van der Waals surface area (Å²) in [5, 5.41) is 21.8. The van der Waals surface area contributed by atoms with Crippen LogP contribution in [0.15, 0.2) is 4.42 Å². The molecule has 0 aliphatic rings. The molecule has 1 aromatic heterocycles. The third-order valence-electron chi connectivity index (χ3n) is 2.26. The van der Waals surface area contributed by atoms with Gasteiger partial charge in [-0.15, -0.1) is 0 Å². The van der Waals surface area contributed by atoms with Gasteiger partial charge in [0, 0.05) is 0 Å². The maximum atomic E-state index is 11.3. The van der Waals surface area contributed by atoms with E-state index in [1.165, 1.54) is 0 Å². The third kappa shape index (κ3) is 3.74. The van der Waals surface area contributed by atoms with Crippen molar-refractivity contribution in [2.24, 2.45) is 0 Å². The van der Waals surface area contributed by atoms with E-state index in [4.69, 9.17) is 14.6 Å². The van der Waals surface area contributed by atoms with E-state index in [1.807, 2.05) is 0 Å². The molecule has 0 aliphatic heterocycles. The fraction of sp³-hybridized carbons (Fsp3) is 0.500. The summed E-state index contributed by atoms with van der Waals surface area (Å²) in [5.74, 6) is -0.322. The lowest BCUT2D eigenvalue weighted by Gasteiger charge is -2.11. The number of carboxylic acids is 1. The molecule has 0 saturated carbocycles. The number of oxazole rings is 1. The molecule has 8 nitrogen and oxygen atoms in total. The van der Waals surface area contributed by atoms with Gasteiger partial charge in [0.15, 0.2) is 6.04 Å². The van der Waals surface area contributed by atoms with Crippen LogP contribution >= 0.6 is 0 Å². The molecule has 2 amide bonds. The van der Waals surface area contributed by atoms with Crippen LogP contribution in [0.4, 0.5) is 4.79 Å². The molecular formula is C10H15N3O5. The second-order valence-electron chi connectivity index (χ2n) is 3.65. The van der Waals surface area contributed by atoms with Crippen LogP contribution in [-0.2, 0) is 11.3 Å². The normalized spacial score (nSPS) is 11.9. The Labute approximate surface area is 103 Å². The predicted octanol–water partition coefficient (Wildman–Crippen LogP) is -0.464. The first-order valence-corrected chi connectivity index (χ1v) is 5.25. The Balaban J connectivity index is 2.44. The summed E-state index contributed by atoms with van der Waals surface area (Å²) in [6.07, 6.45) is 0. The smallest absolute Gasteiger partial charge is 0.328 e. The van der Waals surface area contributed by atoms with Crippen LogP contribution in [0.2, 0.25) is 0 Å². The van der Waals surface area contributed by atoms with E-state index in [-0.39, 0.29) is 6.54 Å². The van der Waals surface area contributed by atoms with Crippen molar-refractivity contribution in [2.45, 2.75) is 26.4 Å². The van der Waals surface area contributed by atoms with E-state index < -0.39 is 24.6 Å². The van der Waals surface area contributed by atoms with Gasteiger partial charge < -0.3 is 25.3 Å². The number of aliphatic hydroxyl groups is 1. The number of hydrogen-bond acceptors (Lipinski definition) is 5. The number of aliphatic carboxylic acids is 1. The Hall–Kier alpha value is -2.09. The van der Waals surface area contributed by atoms with Crippen LogP contribution in [0.1, 0.15) is 17.3 Å². The number of carbonyl (C=O) groups is 2. The summed E-state index contributed by atoms with van der Waals surface area (Å²) in [6, 6.07) is -2.05. The number of nitrogens with one attached hydrogen (secondary N) is 2. The highest BCUT2D eigenvalue weighted by molar-refractivity contribution is 5.82. The Morgan fingerprint density at radius 3 is 2.56 bits per heavy atom. The zero-order valence-electron chi connectivity index (χ0n) is 10.1. The third-order valence-corrected chi connectivity index (χ3v) is 2.26. The summed E-state index contributed by atoms with van der Waals surface area (Å²) >= 11 is 0. The topological polar surface area (TPSA) is 125 Å². The summed E-state index contributed by atoms with van der Waals surface area (Å²) < 4.78 is 5.22. The van der Waals surface area contributed by atoms with Crippen molar-refractivity contribution >= 4 is 12.0 Å². The van der Waals surface area contributed by atoms with Crippen molar-refractivity contribution in [3.8, 4) is 0 Å². The first-order chi connectivity index (χ1) is 8.43. The molecule has 1 atom stereocenters. The molecule has 0 aromatic carbocycles. The summed E-state index contributed by atoms with van der Waals surface area (Å²) in [7, 11) is 0. The standard InChI is InChI=1S/C10H15N3O5/c1-5-6(2)18-8(12-5)3-11-10(17)13-7(4-14)9(15)16/h7,14H,3-4H2,1-2H3,(H,15,16)(H2,11,13,17)/t7-/m1/s1. The van der Waals surface area contributed by atoms with Crippen LogP contribution in [0.5, 0.6) is 0 Å². The number of urea groups is 1. The zero-order valence-corrected chi connectivity index (χ0v) is 10.1. The summed E-state index contributed by atoms with van der Waals surface area (Å²) in [4.78, 5) is 25.9. The predicted molar refractivity (Wildman–Crippen MR) is 59.9 cm³/mol. The van der Waals surface area contributed by atoms with Crippen molar-refractivity contribution in [2.75, 3.05) is 6.61 Å². The van der Waals surface area contributed by atoms with E-state index >= 15 is 0 Å². The monoisotopic (exact) mass is 257 g/mol. The van der Waals surface area contributed by atoms with E-state index in [1.54, 1.807) is 13.8 Å². The van der Waals surface area contributed by atoms with Gasteiger partial charge >= 0.3 is 12.0 Å². The van der Waals surface area contributed by atoms with Gasteiger partial charge in [-0.3, -0.25) is 0 Å². The quantitative estimate of drug-likeness (QED) is 0.565. The number of aryl methyl sites for hydroxylation is 2. The molecule has 100 valence electrons. The molecule has 0 spiro atoms. The molecule has 0 unspecified atom stereocenters. The number of aromatic nitrogens is 1. The SMILES string of the molecule is Cc1nc(CNC(=O)N[C@H](CO)C(=O)O)oc1C. The lowest BCUT2D eigenvalue weighted by atomic mass is 10.3. The number of rotatable bonds is 5. The molecule has 1 heterocycles. The Morgan fingerprint density at radius 2 is 2.11 bits per heavy atom. The maximum absolute atomic E-state index is 11.3. The minimum absolute atomic E-state index is 0.0400. The average molecular weight is 257 g/mol. The first kappa shape index (κ1) is 14.0. The fourth-order valence-corrected chi connectivity index (χ4v) is 1.17. The zero-order chi connectivity index (χ0) is 13.7. The molecule has 18 heavy (non-hydrogen) atoms. The number of nitrogens with zero attached hydrogens (tertiary/aromatic N) is 1. The van der Waals surface area contributed by atoms with Crippen LogP contribution in [0.25, 0.3) is 0 Å². The van der Waals surface area contributed by atoms with Crippen molar-refractivity contribution < 1.29 is 24.2 Å². The van der Waals surface area contributed by atoms with Crippen molar-refractivity contribution in [3.63, 3.8) is 0 Å². The van der Waals surface area contributed by atoms with Crippen molar-refractivity contribution in [1.29, 1.82) is 0 Å². The van der Waals surface area contributed by atoms with E-state index in [9.17, 15) is 9.59 Å². The van der Waals surface area contributed by atoms with Gasteiger partial charge in [-0.05, 0) is 13.8 Å². The molecule has 8 heteroatoms. The number of amides is 2. The lowest BCUT2D eigenvalue weighted by Crippen LogP contribution is -2.47. The molecule has 1 aromatic rings. The van der Waals surface area contributed by atoms with Crippen LogP contribution < -0.4 is 10.6 Å². The maximum Gasteiger partial charge on any atom is 0.328 e. The number of carboxylic acid groups (broad SMARTS) is 1. The van der Waals surface area contributed by atoms with Gasteiger partial charge in [-0.25, -0.2) is 14.6 Å². The van der Waals surface area contributed by atoms with Gasteiger partial charge in [-0.2, -0.15) is 0 Å². The lowest BCUT2D eigenvalue weighted by molar-refractivity contribution is -0.140. The van der Waals surface area contributed by atoms with Crippen LogP contribution in [0, 0.1) is 13.8 Å². The van der Waals surface area contributed by atoms with Gasteiger partial charge in [0.25, 0.3) is 0 Å². The van der Waals surface area contributed by atoms with Gasteiger partial charge in [0.2, 0.25) is 5.89 Å². The number of hydrogen-bond donors (Lipinski definition) is 4. The Bertz CT molecular complexity index is 423. The molecule has 1 rings (SSSR count). The Morgan fingerprint density at radius 1 is 1.44 bits per heavy atom. The summed E-state index contributed by atoms with van der Waals surface area (Å²) in [5.41, 5.74) is 0.728. The Kier molecular flexibility index (Phi) is 4.67. The van der Waals surface area contributed by atoms with E-state index in [0.717, 1.165) is 5.69 Å². The molecule has 0 radical (unpaired) electrons. The molecule has 0 saturated heterocycles. The van der Waals surface area contributed by atoms with Crippen LogP contribution in [-0.4, -0.2) is 39.8 Å². The van der Waals surface area contributed by atoms with Gasteiger partial charge in [-0.1, -0.05) is 0 Å².